The maximum atomic E-state index is 13.3. The maximum absolute atomic E-state index is 13.3. The highest BCUT2D eigenvalue weighted by Gasteiger charge is 2.03. The van der Waals surface area contributed by atoms with Gasteiger partial charge in [-0.1, -0.05) is 23.4 Å². The van der Waals surface area contributed by atoms with Crippen LogP contribution in [-0.2, 0) is 9.63 Å². The molecule has 0 heterocycles. The first-order valence-electron chi connectivity index (χ1n) is 6.53. The van der Waals surface area contributed by atoms with E-state index >= 15 is 0 Å². The average Bonchev–Trinajstić information content (AvgIpc) is 2.54. The van der Waals surface area contributed by atoms with Crippen molar-refractivity contribution >= 4 is 17.8 Å². The molecular formula is C16H15FN2O3. The second-order valence-corrected chi connectivity index (χ2v) is 4.31. The number of hydrogen-bond donors (Lipinski definition) is 1. The molecule has 0 atom stereocenters. The number of ether oxygens (including phenoxy) is 1. The third-order valence-electron chi connectivity index (χ3n) is 2.74. The average molecular weight is 302 g/mol. The largest absolute Gasteiger partial charge is 0.497 e. The summed E-state index contributed by atoms with van der Waals surface area (Å²) in [6.07, 6.45) is 1.22. The highest BCUT2D eigenvalue weighted by molar-refractivity contribution is 5.91. The molecule has 0 unspecified atom stereocenters. The Morgan fingerprint density at radius 3 is 2.64 bits per heavy atom. The zero-order chi connectivity index (χ0) is 15.8. The summed E-state index contributed by atoms with van der Waals surface area (Å²) in [4.78, 5) is 16.5. The third kappa shape index (κ3) is 4.59. The maximum Gasteiger partial charge on any atom is 0.265 e. The van der Waals surface area contributed by atoms with Gasteiger partial charge in [-0.25, -0.2) is 4.39 Å². The Bertz CT molecular complexity index is 657. The van der Waals surface area contributed by atoms with E-state index in [1.165, 1.54) is 12.3 Å². The van der Waals surface area contributed by atoms with Gasteiger partial charge in [0.1, 0.15) is 11.6 Å². The van der Waals surface area contributed by atoms with E-state index in [9.17, 15) is 9.18 Å². The molecule has 0 fully saturated rings. The highest BCUT2D eigenvalue weighted by atomic mass is 19.1. The third-order valence-corrected chi connectivity index (χ3v) is 2.74. The van der Waals surface area contributed by atoms with Crippen molar-refractivity contribution in [2.24, 2.45) is 5.16 Å². The van der Waals surface area contributed by atoms with Gasteiger partial charge in [-0.3, -0.25) is 4.79 Å². The number of nitrogens with one attached hydrogen (secondary N) is 1. The van der Waals surface area contributed by atoms with Crippen molar-refractivity contribution in [2.75, 3.05) is 19.0 Å². The summed E-state index contributed by atoms with van der Waals surface area (Å²) in [6.45, 7) is -0.267. The van der Waals surface area contributed by atoms with Crippen molar-refractivity contribution in [3.8, 4) is 5.75 Å². The van der Waals surface area contributed by atoms with Gasteiger partial charge in [0, 0.05) is 11.3 Å². The van der Waals surface area contributed by atoms with Crippen LogP contribution in [0.2, 0.25) is 0 Å². The molecule has 0 spiro atoms. The molecular weight excluding hydrogens is 287 g/mol. The van der Waals surface area contributed by atoms with Gasteiger partial charge in [-0.15, -0.1) is 0 Å². The van der Waals surface area contributed by atoms with Crippen LogP contribution in [0.15, 0.2) is 53.7 Å². The second kappa shape index (κ2) is 7.78. The first kappa shape index (κ1) is 15.5. The molecule has 0 aliphatic rings. The van der Waals surface area contributed by atoms with Crippen molar-refractivity contribution in [3.05, 3.63) is 59.9 Å². The zero-order valence-electron chi connectivity index (χ0n) is 12.0. The van der Waals surface area contributed by atoms with Crippen molar-refractivity contribution in [2.45, 2.75) is 0 Å². The number of carbonyl (C=O) groups excluding carboxylic acids is 1. The summed E-state index contributed by atoms with van der Waals surface area (Å²) < 4.78 is 18.3. The van der Waals surface area contributed by atoms with Crippen molar-refractivity contribution in [3.63, 3.8) is 0 Å². The van der Waals surface area contributed by atoms with Crippen LogP contribution in [0, 0.1) is 5.82 Å². The van der Waals surface area contributed by atoms with Crippen LogP contribution >= 0.6 is 0 Å². The molecule has 2 aromatic rings. The van der Waals surface area contributed by atoms with E-state index in [1.807, 2.05) is 0 Å². The summed E-state index contributed by atoms with van der Waals surface area (Å²) in [6, 6.07) is 13.0. The van der Waals surface area contributed by atoms with Gasteiger partial charge in [0.15, 0.2) is 6.61 Å². The van der Waals surface area contributed by atoms with Crippen molar-refractivity contribution < 1.29 is 18.8 Å². The Hall–Kier alpha value is -2.89. The first-order chi connectivity index (χ1) is 10.7. The van der Waals surface area contributed by atoms with E-state index < -0.39 is 5.82 Å². The van der Waals surface area contributed by atoms with Crippen LogP contribution in [0.5, 0.6) is 5.75 Å². The predicted octanol–water partition coefficient (Wildman–Crippen LogP) is 2.82. The lowest BCUT2D eigenvalue weighted by Gasteiger charge is -2.05. The van der Waals surface area contributed by atoms with Gasteiger partial charge in [0.25, 0.3) is 5.91 Å². The first-order valence-corrected chi connectivity index (χ1v) is 6.53. The lowest BCUT2D eigenvalue weighted by molar-refractivity contribution is -0.120. The number of anilines is 1. The molecule has 5 nitrogen and oxygen atoms in total. The fraction of sp³-hybridized carbons (Fsp3) is 0.125. The zero-order valence-corrected chi connectivity index (χ0v) is 12.0. The molecule has 114 valence electrons. The highest BCUT2D eigenvalue weighted by Crippen LogP contribution is 2.14. The number of nitrogens with zero attached hydrogens (tertiary/aromatic N) is 1. The van der Waals surface area contributed by atoms with Crippen LogP contribution in [0.4, 0.5) is 10.1 Å². The number of methoxy groups -OCH3 is 1. The minimum absolute atomic E-state index is 0.267. The van der Waals surface area contributed by atoms with E-state index in [4.69, 9.17) is 9.57 Å². The lowest BCUT2D eigenvalue weighted by Crippen LogP contribution is -2.16. The van der Waals surface area contributed by atoms with Crippen molar-refractivity contribution in [1.82, 2.24) is 0 Å². The summed E-state index contributed by atoms with van der Waals surface area (Å²) in [5.74, 6) is -0.0721. The minimum Gasteiger partial charge on any atom is -0.497 e. The molecule has 6 heteroatoms. The molecule has 2 rings (SSSR count). The Balaban J connectivity index is 1.79. The Morgan fingerprint density at radius 2 is 1.95 bits per heavy atom. The predicted molar refractivity (Wildman–Crippen MR) is 81.6 cm³/mol. The van der Waals surface area contributed by atoms with E-state index in [-0.39, 0.29) is 18.1 Å². The molecule has 2 aromatic carbocycles. The van der Waals surface area contributed by atoms with Gasteiger partial charge in [0.05, 0.1) is 13.3 Å². The van der Waals surface area contributed by atoms with E-state index in [0.717, 1.165) is 0 Å². The molecule has 0 radical (unpaired) electrons. The molecule has 0 aliphatic heterocycles. The summed E-state index contributed by atoms with van der Waals surface area (Å²) >= 11 is 0. The number of amides is 1. The number of rotatable bonds is 6. The Kier molecular flexibility index (Phi) is 5.48. The minimum atomic E-state index is -0.405. The molecule has 1 amide bonds. The molecule has 0 aliphatic carbocycles. The van der Waals surface area contributed by atoms with E-state index in [0.29, 0.717) is 11.4 Å². The molecule has 1 N–H and O–H groups in total. The van der Waals surface area contributed by atoms with Crippen LogP contribution in [-0.4, -0.2) is 25.8 Å². The quantitative estimate of drug-likeness (QED) is 0.659. The van der Waals surface area contributed by atoms with Gasteiger partial charge in [-0.05, 0) is 30.3 Å². The number of oxime groups is 1. The summed E-state index contributed by atoms with van der Waals surface area (Å²) in [5, 5.41) is 6.20. The smallest absolute Gasteiger partial charge is 0.265 e. The van der Waals surface area contributed by atoms with Crippen molar-refractivity contribution in [1.29, 1.82) is 0 Å². The topological polar surface area (TPSA) is 59.9 Å². The molecule has 22 heavy (non-hydrogen) atoms. The lowest BCUT2D eigenvalue weighted by atomic mass is 10.2. The standard InChI is InChI=1S/C16H15FN2O3/c1-21-14-8-6-13(7-9-14)19-16(20)11-22-18-10-12-4-2-3-5-15(12)17/h2-10H,11H2,1H3,(H,19,20)/b18-10-. The number of halogens is 1. The number of hydrogen-bond acceptors (Lipinski definition) is 4. The molecule has 0 saturated heterocycles. The normalized spacial score (nSPS) is 10.5. The van der Waals surface area contributed by atoms with Gasteiger partial charge >= 0.3 is 0 Å². The van der Waals surface area contributed by atoms with Gasteiger partial charge in [0.2, 0.25) is 0 Å². The second-order valence-electron chi connectivity index (χ2n) is 4.31. The van der Waals surface area contributed by atoms with Crippen LogP contribution < -0.4 is 10.1 Å². The van der Waals surface area contributed by atoms with Crippen LogP contribution in [0.25, 0.3) is 0 Å². The molecule has 0 bridgehead atoms. The molecule has 0 aromatic heterocycles. The van der Waals surface area contributed by atoms with E-state index in [2.05, 4.69) is 10.5 Å². The fourth-order valence-corrected chi connectivity index (χ4v) is 1.64. The Labute approximate surface area is 127 Å². The number of benzene rings is 2. The fourth-order valence-electron chi connectivity index (χ4n) is 1.64. The monoisotopic (exact) mass is 302 g/mol. The summed E-state index contributed by atoms with van der Waals surface area (Å²) in [5.41, 5.74) is 0.908. The van der Waals surface area contributed by atoms with E-state index in [1.54, 1.807) is 49.6 Å². The van der Waals surface area contributed by atoms with Gasteiger partial charge in [-0.2, -0.15) is 0 Å². The summed E-state index contributed by atoms with van der Waals surface area (Å²) in [7, 11) is 1.56. The number of carbonyl (C=O) groups is 1. The molecule has 0 saturated carbocycles. The SMILES string of the molecule is COc1ccc(NC(=O)CO/N=C\c2ccccc2F)cc1. The van der Waals surface area contributed by atoms with Crippen LogP contribution in [0.1, 0.15) is 5.56 Å². The Morgan fingerprint density at radius 1 is 1.23 bits per heavy atom. The van der Waals surface area contributed by atoms with Crippen LogP contribution in [0.3, 0.4) is 0 Å². The van der Waals surface area contributed by atoms with Gasteiger partial charge < -0.3 is 14.9 Å².